The van der Waals surface area contributed by atoms with E-state index in [4.69, 9.17) is 5.26 Å². The molecule has 0 bridgehead atoms. The third kappa shape index (κ3) is 2.63. The van der Waals surface area contributed by atoms with E-state index in [0.717, 1.165) is 21.1 Å². The molecule has 1 fully saturated rings. The molecule has 1 aliphatic heterocycles. The average Bonchev–Trinajstić information content (AvgIpc) is 2.70. The number of anilines is 1. The van der Waals surface area contributed by atoms with E-state index >= 15 is 0 Å². The zero-order chi connectivity index (χ0) is 12.4. The molecular weight excluding hydrogens is 395 g/mol. The van der Waals surface area contributed by atoms with Gasteiger partial charge in [0.05, 0.1) is 17.3 Å². The molecule has 0 radical (unpaired) electrons. The van der Waals surface area contributed by atoms with Crippen molar-refractivity contribution in [2.24, 2.45) is 5.92 Å². The molecule has 1 atom stereocenters. The van der Waals surface area contributed by atoms with E-state index in [9.17, 15) is 4.79 Å². The molecule has 0 spiro atoms. The Kier molecular flexibility index (Phi) is 4.05. The first kappa shape index (κ1) is 12.8. The molecule has 1 aliphatic rings. The van der Waals surface area contributed by atoms with Crippen molar-refractivity contribution in [1.82, 2.24) is 0 Å². The molecule has 1 amide bonds. The highest BCUT2D eigenvalue weighted by Gasteiger charge is 2.30. The lowest BCUT2D eigenvalue weighted by atomic mass is 10.2. The van der Waals surface area contributed by atoms with Crippen molar-refractivity contribution in [1.29, 1.82) is 5.26 Å². The first-order valence-corrected chi connectivity index (χ1v) is 7.41. The molecule has 0 saturated carbocycles. The molecule has 1 saturated heterocycles. The summed E-state index contributed by atoms with van der Waals surface area (Å²) in [5, 5.41) is 9.66. The normalized spacial score (nSPS) is 19.5. The number of hydrogen-bond acceptors (Lipinski definition) is 2. The van der Waals surface area contributed by atoms with Crippen LogP contribution in [0.3, 0.4) is 0 Å². The third-order valence-electron chi connectivity index (χ3n) is 2.79. The largest absolute Gasteiger partial charge is 0.311 e. The van der Waals surface area contributed by atoms with E-state index in [-0.39, 0.29) is 5.91 Å². The molecule has 0 N–H and O–H groups in total. The Labute approximate surface area is 122 Å². The van der Waals surface area contributed by atoms with Gasteiger partial charge in [0.25, 0.3) is 0 Å². The number of amides is 1. The average molecular weight is 405 g/mol. The SMILES string of the molecule is N#Cc1ccc(N2CC(CBr)CC2=O)c(I)c1. The number of nitriles is 1. The number of carbonyl (C=O) groups is 1. The van der Waals surface area contributed by atoms with Crippen LogP contribution in [0.25, 0.3) is 0 Å². The van der Waals surface area contributed by atoms with Gasteiger partial charge in [-0.15, -0.1) is 0 Å². The second-order valence-electron chi connectivity index (χ2n) is 4.01. The van der Waals surface area contributed by atoms with Gasteiger partial charge in [0.1, 0.15) is 0 Å². The van der Waals surface area contributed by atoms with E-state index in [1.807, 2.05) is 17.0 Å². The highest BCUT2D eigenvalue weighted by Crippen LogP contribution is 2.30. The van der Waals surface area contributed by atoms with Crippen molar-refractivity contribution in [2.75, 3.05) is 16.8 Å². The highest BCUT2D eigenvalue weighted by atomic mass is 127. The molecule has 1 heterocycles. The van der Waals surface area contributed by atoms with Crippen LogP contribution in [-0.4, -0.2) is 17.8 Å². The fraction of sp³-hybridized carbons (Fsp3) is 0.333. The first-order chi connectivity index (χ1) is 8.15. The summed E-state index contributed by atoms with van der Waals surface area (Å²) in [5.74, 6) is 0.547. The molecule has 3 nitrogen and oxygen atoms in total. The van der Waals surface area contributed by atoms with Gasteiger partial charge in [0.2, 0.25) is 5.91 Å². The summed E-state index contributed by atoms with van der Waals surface area (Å²) >= 11 is 5.59. The van der Waals surface area contributed by atoms with Crippen LogP contribution in [-0.2, 0) is 4.79 Å². The number of hydrogen-bond donors (Lipinski definition) is 0. The van der Waals surface area contributed by atoms with Gasteiger partial charge in [0, 0.05) is 21.9 Å². The van der Waals surface area contributed by atoms with Crippen molar-refractivity contribution in [3.05, 3.63) is 27.3 Å². The number of alkyl halides is 1. The topological polar surface area (TPSA) is 44.1 Å². The summed E-state index contributed by atoms with van der Waals surface area (Å²) in [6.45, 7) is 0.756. The molecule has 88 valence electrons. The Morgan fingerprint density at radius 1 is 1.59 bits per heavy atom. The quantitative estimate of drug-likeness (QED) is 0.562. The lowest BCUT2D eigenvalue weighted by Gasteiger charge is -2.18. The monoisotopic (exact) mass is 404 g/mol. The molecule has 0 aromatic heterocycles. The van der Waals surface area contributed by atoms with Crippen LogP contribution >= 0.6 is 38.5 Å². The minimum absolute atomic E-state index is 0.164. The molecular formula is C12H10BrIN2O. The maximum Gasteiger partial charge on any atom is 0.227 e. The molecule has 0 aliphatic carbocycles. The summed E-state index contributed by atoms with van der Waals surface area (Å²) in [7, 11) is 0. The lowest BCUT2D eigenvalue weighted by Crippen LogP contribution is -2.25. The fourth-order valence-electron chi connectivity index (χ4n) is 1.91. The Morgan fingerprint density at radius 2 is 2.35 bits per heavy atom. The summed E-state index contributed by atoms with van der Waals surface area (Å²) in [5.41, 5.74) is 1.54. The molecule has 17 heavy (non-hydrogen) atoms. The van der Waals surface area contributed by atoms with E-state index in [1.165, 1.54) is 0 Å². The smallest absolute Gasteiger partial charge is 0.227 e. The van der Waals surface area contributed by atoms with Crippen molar-refractivity contribution in [3.63, 3.8) is 0 Å². The number of benzene rings is 1. The van der Waals surface area contributed by atoms with Gasteiger partial charge in [-0.25, -0.2) is 0 Å². The molecule has 1 aromatic carbocycles. The van der Waals surface area contributed by atoms with Crippen LogP contribution < -0.4 is 4.90 Å². The van der Waals surface area contributed by atoms with E-state index in [2.05, 4.69) is 44.6 Å². The molecule has 1 aromatic rings. The Balaban J connectivity index is 2.29. The van der Waals surface area contributed by atoms with Gasteiger partial charge in [-0.3, -0.25) is 4.79 Å². The minimum Gasteiger partial charge on any atom is -0.311 e. The Bertz CT molecular complexity index is 498. The minimum atomic E-state index is 0.164. The predicted molar refractivity (Wildman–Crippen MR) is 78.1 cm³/mol. The fourth-order valence-corrected chi connectivity index (χ4v) is 3.15. The van der Waals surface area contributed by atoms with E-state index in [1.54, 1.807) is 6.07 Å². The number of halogens is 2. The third-order valence-corrected chi connectivity index (χ3v) is 4.57. The first-order valence-electron chi connectivity index (χ1n) is 5.21. The van der Waals surface area contributed by atoms with E-state index in [0.29, 0.717) is 17.9 Å². The molecule has 1 unspecified atom stereocenters. The number of rotatable bonds is 2. The summed E-state index contributed by atoms with van der Waals surface area (Å²) < 4.78 is 0.949. The van der Waals surface area contributed by atoms with Crippen molar-refractivity contribution in [2.45, 2.75) is 6.42 Å². The van der Waals surface area contributed by atoms with Gasteiger partial charge < -0.3 is 4.90 Å². The zero-order valence-corrected chi connectivity index (χ0v) is 12.7. The van der Waals surface area contributed by atoms with Crippen molar-refractivity contribution in [3.8, 4) is 6.07 Å². The van der Waals surface area contributed by atoms with Crippen molar-refractivity contribution < 1.29 is 4.79 Å². The lowest BCUT2D eigenvalue weighted by molar-refractivity contribution is -0.117. The Hall–Kier alpha value is -0.610. The van der Waals surface area contributed by atoms with Crippen LogP contribution in [0.4, 0.5) is 5.69 Å². The van der Waals surface area contributed by atoms with Gasteiger partial charge in [0.15, 0.2) is 0 Å². The van der Waals surface area contributed by atoms with Crippen LogP contribution in [0.5, 0.6) is 0 Å². The maximum absolute atomic E-state index is 11.9. The maximum atomic E-state index is 11.9. The van der Waals surface area contributed by atoms with Crippen LogP contribution in [0.2, 0.25) is 0 Å². The summed E-state index contributed by atoms with van der Waals surface area (Å²) in [4.78, 5) is 13.7. The van der Waals surface area contributed by atoms with Crippen molar-refractivity contribution >= 4 is 50.1 Å². The molecule has 2 rings (SSSR count). The van der Waals surface area contributed by atoms with Gasteiger partial charge in [-0.2, -0.15) is 5.26 Å². The van der Waals surface area contributed by atoms with Crippen LogP contribution in [0, 0.1) is 20.8 Å². The predicted octanol–water partition coefficient (Wildman–Crippen LogP) is 2.91. The summed E-state index contributed by atoms with van der Waals surface area (Å²) in [6, 6.07) is 7.52. The van der Waals surface area contributed by atoms with Gasteiger partial charge >= 0.3 is 0 Å². The number of carbonyl (C=O) groups excluding carboxylic acids is 1. The zero-order valence-electron chi connectivity index (χ0n) is 8.99. The van der Waals surface area contributed by atoms with Gasteiger partial charge in [-0.1, -0.05) is 15.9 Å². The van der Waals surface area contributed by atoms with E-state index < -0.39 is 0 Å². The summed E-state index contributed by atoms with van der Waals surface area (Å²) in [6.07, 6.45) is 0.599. The highest BCUT2D eigenvalue weighted by molar-refractivity contribution is 14.1. The van der Waals surface area contributed by atoms with Gasteiger partial charge in [-0.05, 0) is 46.7 Å². The van der Waals surface area contributed by atoms with Crippen LogP contribution in [0.1, 0.15) is 12.0 Å². The second kappa shape index (κ2) is 5.36. The molecule has 5 heteroatoms. The Morgan fingerprint density at radius 3 is 2.88 bits per heavy atom. The number of nitrogens with zero attached hydrogens (tertiary/aromatic N) is 2. The second-order valence-corrected chi connectivity index (χ2v) is 5.82. The van der Waals surface area contributed by atoms with Crippen LogP contribution in [0.15, 0.2) is 18.2 Å². The standard InChI is InChI=1S/C12H10BrIN2O/c13-5-9-4-12(17)16(7-9)11-2-1-8(6-15)3-10(11)14/h1-3,9H,4-5,7H2.